The largest absolute Gasteiger partial charge is 0.496 e. The lowest BCUT2D eigenvalue weighted by Crippen LogP contribution is -1.97. The van der Waals surface area contributed by atoms with E-state index in [1.807, 2.05) is 6.07 Å². The second kappa shape index (κ2) is 5.51. The Morgan fingerprint density at radius 2 is 1.68 bits per heavy atom. The minimum absolute atomic E-state index is 0.148. The van der Waals surface area contributed by atoms with Crippen molar-refractivity contribution in [2.45, 2.75) is 6.42 Å². The topological polar surface area (TPSA) is 79.7 Å². The highest BCUT2D eigenvalue weighted by Gasteiger charge is 2.13. The van der Waals surface area contributed by atoms with E-state index in [-0.39, 0.29) is 6.01 Å². The SMILES string of the molecule is COc1cc(OC)c(OC)cc1Cc1cnc(N)o1. The van der Waals surface area contributed by atoms with E-state index >= 15 is 0 Å². The Kier molecular flexibility index (Phi) is 3.79. The van der Waals surface area contributed by atoms with Gasteiger partial charge in [-0.25, -0.2) is 4.98 Å². The molecule has 0 unspecified atom stereocenters. The molecule has 0 bridgehead atoms. The van der Waals surface area contributed by atoms with Crippen LogP contribution in [0, 0.1) is 0 Å². The smallest absolute Gasteiger partial charge is 0.292 e. The summed E-state index contributed by atoms with van der Waals surface area (Å²) in [5.74, 6) is 2.58. The maximum absolute atomic E-state index is 5.45. The van der Waals surface area contributed by atoms with Crippen molar-refractivity contribution in [1.82, 2.24) is 4.98 Å². The number of oxazole rings is 1. The van der Waals surface area contributed by atoms with Crippen LogP contribution in [0.1, 0.15) is 11.3 Å². The van der Waals surface area contributed by atoms with Gasteiger partial charge in [0.25, 0.3) is 6.01 Å². The zero-order chi connectivity index (χ0) is 13.8. The number of nitrogens with zero attached hydrogens (tertiary/aromatic N) is 1. The number of anilines is 1. The first-order chi connectivity index (χ1) is 9.17. The van der Waals surface area contributed by atoms with Crippen LogP contribution in [0.3, 0.4) is 0 Å². The van der Waals surface area contributed by atoms with Crippen molar-refractivity contribution in [3.8, 4) is 17.2 Å². The van der Waals surface area contributed by atoms with E-state index in [1.54, 1.807) is 33.6 Å². The van der Waals surface area contributed by atoms with Crippen molar-refractivity contribution >= 4 is 6.01 Å². The summed E-state index contributed by atoms with van der Waals surface area (Å²) in [6.07, 6.45) is 2.10. The van der Waals surface area contributed by atoms with Crippen molar-refractivity contribution < 1.29 is 18.6 Å². The molecule has 19 heavy (non-hydrogen) atoms. The van der Waals surface area contributed by atoms with Gasteiger partial charge in [-0.3, -0.25) is 0 Å². The van der Waals surface area contributed by atoms with E-state index in [4.69, 9.17) is 24.4 Å². The number of hydrogen-bond donors (Lipinski definition) is 1. The number of hydrogen-bond acceptors (Lipinski definition) is 6. The summed E-state index contributed by atoms with van der Waals surface area (Å²) in [7, 11) is 4.76. The molecule has 2 N–H and O–H groups in total. The van der Waals surface area contributed by atoms with Gasteiger partial charge in [0.2, 0.25) is 0 Å². The molecule has 0 amide bonds. The van der Waals surface area contributed by atoms with E-state index in [9.17, 15) is 0 Å². The van der Waals surface area contributed by atoms with Crippen LogP contribution in [0.15, 0.2) is 22.7 Å². The molecule has 0 aliphatic carbocycles. The zero-order valence-corrected chi connectivity index (χ0v) is 11.1. The molecule has 0 aliphatic rings. The molecule has 0 spiro atoms. The molecule has 2 aromatic rings. The van der Waals surface area contributed by atoms with Gasteiger partial charge in [0, 0.05) is 18.1 Å². The Hall–Kier alpha value is -2.37. The Morgan fingerprint density at radius 3 is 2.21 bits per heavy atom. The average Bonchev–Trinajstić information content (AvgIpc) is 2.83. The number of nitrogens with two attached hydrogens (primary N) is 1. The van der Waals surface area contributed by atoms with Crippen LogP contribution in [0.5, 0.6) is 17.2 Å². The summed E-state index contributed by atoms with van der Waals surface area (Å²) >= 11 is 0. The second-order valence-corrected chi connectivity index (χ2v) is 3.86. The molecule has 102 valence electrons. The second-order valence-electron chi connectivity index (χ2n) is 3.86. The van der Waals surface area contributed by atoms with Gasteiger partial charge in [-0.05, 0) is 6.07 Å². The Balaban J connectivity index is 2.37. The van der Waals surface area contributed by atoms with Crippen molar-refractivity contribution in [3.63, 3.8) is 0 Å². The van der Waals surface area contributed by atoms with Gasteiger partial charge < -0.3 is 24.4 Å². The summed E-state index contributed by atoms with van der Waals surface area (Å²) < 4.78 is 21.1. The number of benzene rings is 1. The predicted octanol–water partition coefficient (Wildman–Crippen LogP) is 1.87. The van der Waals surface area contributed by atoms with Gasteiger partial charge >= 0.3 is 0 Å². The summed E-state index contributed by atoms with van der Waals surface area (Å²) in [4.78, 5) is 3.86. The van der Waals surface area contributed by atoms with Gasteiger partial charge in [0.1, 0.15) is 11.5 Å². The van der Waals surface area contributed by atoms with Crippen LogP contribution in [0.2, 0.25) is 0 Å². The quantitative estimate of drug-likeness (QED) is 0.888. The molecule has 0 fully saturated rings. The van der Waals surface area contributed by atoms with E-state index < -0.39 is 0 Å². The molecule has 0 radical (unpaired) electrons. The third-order valence-corrected chi connectivity index (χ3v) is 2.72. The van der Waals surface area contributed by atoms with Gasteiger partial charge in [-0.15, -0.1) is 0 Å². The van der Waals surface area contributed by atoms with Crippen LogP contribution >= 0.6 is 0 Å². The number of ether oxygens (including phenoxy) is 3. The summed E-state index contributed by atoms with van der Waals surface area (Å²) in [6.45, 7) is 0. The molecule has 1 heterocycles. The third kappa shape index (κ3) is 2.73. The minimum atomic E-state index is 0.148. The maximum Gasteiger partial charge on any atom is 0.292 e. The van der Waals surface area contributed by atoms with Gasteiger partial charge in [0.05, 0.1) is 27.5 Å². The van der Waals surface area contributed by atoms with E-state index in [1.165, 1.54) is 0 Å². The maximum atomic E-state index is 5.45. The Labute approximate surface area is 111 Å². The highest BCUT2D eigenvalue weighted by atomic mass is 16.5. The van der Waals surface area contributed by atoms with Crippen molar-refractivity contribution in [2.24, 2.45) is 0 Å². The van der Waals surface area contributed by atoms with Gasteiger partial charge in [0.15, 0.2) is 11.5 Å². The molecule has 0 aliphatic heterocycles. The fraction of sp³-hybridized carbons (Fsp3) is 0.308. The fourth-order valence-corrected chi connectivity index (χ4v) is 1.82. The lowest BCUT2D eigenvalue weighted by Gasteiger charge is -2.13. The summed E-state index contributed by atoms with van der Waals surface area (Å²) in [5.41, 5.74) is 6.35. The highest BCUT2D eigenvalue weighted by Crippen LogP contribution is 2.35. The summed E-state index contributed by atoms with van der Waals surface area (Å²) in [5, 5.41) is 0. The van der Waals surface area contributed by atoms with Crippen molar-refractivity contribution in [1.29, 1.82) is 0 Å². The van der Waals surface area contributed by atoms with Crippen LogP contribution in [0.4, 0.5) is 6.01 Å². The number of nitrogen functional groups attached to an aromatic ring is 1. The first-order valence-electron chi connectivity index (χ1n) is 5.67. The summed E-state index contributed by atoms with van der Waals surface area (Å²) in [6, 6.07) is 3.76. The molecular formula is C13H16N2O4. The molecular weight excluding hydrogens is 248 g/mol. The van der Waals surface area contributed by atoms with Crippen LogP contribution in [0.25, 0.3) is 0 Å². The monoisotopic (exact) mass is 264 g/mol. The lowest BCUT2D eigenvalue weighted by molar-refractivity contribution is 0.347. The van der Waals surface area contributed by atoms with E-state index in [0.29, 0.717) is 29.4 Å². The highest BCUT2D eigenvalue weighted by molar-refractivity contribution is 5.51. The number of methoxy groups -OCH3 is 3. The molecule has 1 aromatic heterocycles. The average molecular weight is 264 g/mol. The van der Waals surface area contributed by atoms with Crippen LogP contribution in [-0.4, -0.2) is 26.3 Å². The van der Waals surface area contributed by atoms with Crippen molar-refractivity contribution in [3.05, 3.63) is 29.7 Å². The number of rotatable bonds is 5. The van der Waals surface area contributed by atoms with E-state index in [0.717, 1.165) is 5.56 Å². The molecule has 0 saturated carbocycles. The molecule has 0 saturated heterocycles. The first-order valence-corrected chi connectivity index (χ1v) is 5.67. The van der Waals surface area contributed by atoms with Crippen molar-refractivity contribution in [2.75, 3.05) is 27.1 Å². The van der Waals surface area contributed by atoms with Gasteiger partial charge in [-0.2, -0.15) is 0 Å². The standard InChI is InChI=1S/C13H16N2O4/c1-16-10-6-12(18-3)11(17-2)5-8(10)4-9-7-15-13(14)19-9/h5-7H,4H2,1-3H3,(H2,14,15). The third-order valence-electron chi connectivity index (χ3n) is 2.72. The Bertz CT molecular complexity index is 566. The Morgan fingerprint density at radius 1 is 1.05 bits per heavy atom. The lowest BCUT2D eigenvalue weighted by atomic mass is 10.1. The molecule has 2 rings (SSSR count). The first kappa shape index (κ1) is 13.1. The van der Waals surface area contributed by atoms with Crippen LogP contribution < -0.4 is 19.9 Å². The minimum Gasteiger partial charge on any atom is -0.496 e. The zero-order valence-electron chi connectivity index (χ0n) is 11.1. The number of aromatic nitrogens is 1. The molecule has 6 heteroatoms. The molecule has 1 aromatic carbocycles. The van der Waals surface area contributed by atoms with Gasteiger partial charge in [-0.1, -0.05) is 0 Å². The van der Waals surface area contributed by atoms with E-state index in [2.05, 4.69) is 4.98 Å². The normalized spacial score (nSPS) is 10.3. The molecule has 0 atom stereocenters. The van der Waals surface area contributed by atoms with Crippen LogP contribution in [-0.2, 0) is 6.42 Å². The fourth-order valence-electron chi connectivity index (χ4n) is 1.82. The molecule has 6 nitrogen and oxygen atoms in total. The predicted molar refractivity (Wildman–Crippen MR) is 69.8 cm³/mol.